The van der Waals surface area contributed by atoms with Gasteiger partial charge in [-0.1, -0.05) is 69.4 Å². The Hall–Kier alpha value is -2.14. The Morgan fingerprint density at radius 3 is 2.07 bits per heavy atom. The van der Waals surface area contributed by atoms with Crippen molar-refractivity contribution in [1.29, 1.82) is 0 Å². The van der Waals surface area contributed by atoms with Crippen molar-refractivity contribution in [2.75, 3.05) is 32.7 Å². The van der Waals surface area contributed by atoms with E-state index in [0.29, 0.717) is 11.3 Å². The molecule has 0 atom stereocenters. The molecule has 0 unspecified atom stereocenters. The van der Waals surface area contributed by atoms with Gasteiger partial charge in [0, 0.05) is 32.2 Å². The molecule has 3 aliphatic rings. The van der Waals surface area contributed by atoms with Gasteiger partial charge in [0.05, 0.1) is 5.57 Å². The average molecular weight is 396 g/mol. The molecule has 2 heterocycles. The number of carbonyl (C=O) groups is 2. The summed E-state index contributed by atoms with van der Waals surface area (Å²) in [5.41, 5.74) is 2.12. The van der Waals surface area contributed by atoms with Crippen molar-refractivity contribution in [2.24, 2.45) is 0 Å². The van der Waals surface area contributed by atoms with Crippen LogP contribution < -0.4 is 0 Å². The minimum absolute atomic E-state index is 0.0449. The first-order chi connectivity index (χ1) is 14.2. The zero-order valence-electron chi connectivity index (χ0n) is 17.6. The third-order valence-electron chi connectivity index (χ3n) is 6.73. The fourth-order valence-corrected chi connectivity index (χ4v) is 5.01. The molecule has 29 heavy (non-hydrogen) atoms. The van der Waals surface area contributed by atoms with E-state index in [1.807, 2.05) is 30.3 Å². The Balaban J connectivity index is 1.66. The molecule has 2 fully saturated rings. The predicted octanol–water partition coefficient (Wildman–Crippen LogP) is 3.52. The van der Waals surface area contributed by atoms with E-state index < -0.39 is 0 Å². The fourth-order valence-electron chi connectivity index (χ4n) is 5.01. The van der Waals surface area contributed by atoms with E-state index in [4.69, 9.17) is 0 Å². The van der Waals surface area contributed by atoms with Crippen molar-refractivity contribution in [1.82, 2.24) is 14.7 Å². The summed E-state index contributed by atoms with van der Waals surface area (Å²) in [6, 6.07) is 9.83. The Kier molecular flexibility index (Phi) is 6.34. The van der Waals surface area contributed by atoms with Crippen LogP contribution in [-0.2, 0) is 9.59 Å². The second-order valence-corrected chi connectivity index (χ2v) is 8.49. The minimum atomic E-state index is -0.0836. The van der Waals surface area contributed by atoms with Crippen LogP contribution in [0, 0.1) is 0 Å². The van der Waals surface area contributed by atoms with Crippen LogP contribution in [0.2, 0.25) is 0 Å². The van der Waals surface area contributed by atoms with E-state index in [2.05, 4.69) is 16.7 Å². The van der Waals surface area contributed by atoms with Gasteiger partial charge in [0.15, 0.2) is 0 Å². The number of amides is 2. The Bertz CT molecular complexity index is 758. The molecule has 0 N–H and O–H groups in total. The monoisotopic (exact) mass is 395 g/mol. The smallest absolute Gasteiger partial charge is 0.278 e. The molecule has 4 rings (SSSR count). The maximum absolute atomic E-state index is 13.6. The van der Waals surface area contributed by atoms with Crippen molar-refractivity contribution >= 4 is 17.4 Å². The molecule has 5 nitrogen and oxygen atoms in total. The first kappa shape index (κ1) is 20.1. The summed E-state index contributed by atoms with van der Waals surface area (Å²) in [4.78, 5) is 33.4. The molecule has 1 aromatic carbocycles. The van der Waals surface area contributed by atoms with Gasteiger partial charge in [0.2, 0.25) is 0 Å². The number of hydrogen-bond acceptors (Lipinski definition) is 4. The highest BCUT2D eigenvalue weighted by Crippen LogP contribution is 2.35. The second kappa shape index (κ2) is 9.12. The highest BCUT2D eigenvalue weighted by Gasteiger charge is 2.44. The van der Waals surface area contributed by atoms with Crippen molar-refractivity contribution in [3.05, 3.63) is 41.6 Å². The number of nitrogens with zero attached hydrogens (tertiary/aromatic N) is 3. The molecule has 5 heteroatoms. The van der Waals surface area contributed by atoms with Crippen LogP contribution in [0.3, 0.4) is 0 Å². The molecule has 0 radical (unpaired) electrons. The lowest BCUT2D eigenvalue weighted by Crippen LogP contribution is -2.48. The molecule has 1 saturated carbocycles. The van der Waals surface area contributed by atoms with Gasteiger partial charge in [0.25, 0.3) is 11.8 Å². The zero-order valence-corrected chi connectivity index (χ0v) is 17.6. The Morgan fingerprint density at radius 2 is 1.45 bits per heavy atom. The van der Waals surface area contributed by atoms with E-state index in [9.17, 15) is 9.59 Å². The maximum atomic E-state index is 13.6. The lowest BCUT2D eigenvalue weighted by molar-refractivity contribution is -0.140. The maximum Gasteiger partial charge on any atom is 0.278 e. The molecule has 0 aromatic heterocycles. The number of carbonyl (C=O) groups excluding carboxylic acids is 2. The van der Waals surface area contributed by atoms with Crippen LogP contribution in [0.15, 0.2) is 36.0 Å². The quantitative estimate of drug-likeness (QED) is 0.732. The summed E-state index contributed by atoms with van der Waals surface area (Å²) in [5.74, 6) is -0.149. The minimum Gasteiger partial charge on any atom is -0.364 e. The van der Waals surface area contributed by atoms with Gasteiger partial charge < -0.3 is 9.80 Å². The Morgan fingerprint density at radius 1 is 0.828 bits per heavy atom. The molecule has 2 aliphatic heterocycles. The number of hydrogen-bond donors (Lipinski definition) is 0. The Labute approximate surface area is 174 Å². The third kappa shape index (κ3) is 4.11. The van der Waals surface area contributed by atoms with Gasteiger partial charge in [0.1, 0.15) is 5.70 Å². The zero-order chi connectivity index (χ0) is 20.2. The van der Waals surface area contributed by atoms with Crippen LogP contribution in [0.25, 0.3) is 5.57 Å². The molecule has 2 amide bonds. The van der Waals surface area contributed by atoms with Crippen LogP contribution in [0.4, 0.5) is 0 Å². The lowest BCUT2D eigenvalue weighted by atomic mass is 9.95. The van der Waals surface area contributed by atoms with Crippen LogP contribution >= 0.6 is 0 Å². The average Bonchev–Trinajstić information content (AvgIpc) is 2.99. The summed E-state index contributed by atoms with van der Waals surface area (Å²) >= 11 is 0. The molecular weight excluding hydrogens is 362 g/mol. The van der Waals surface area contributed by atoms with Crippen LogP contribution in [-0.4, -0.2) is 65.3 Å². The third-order valence-corrected chi connectivity index (χ3v) is 6.73. The predicted molar refractivity (Wildman–Crippen MR) is 115 cm³/mol. The van der Waals surface area contributed by atoms with E-state index in [1.165, 1.54) is 19.3 Å². The van der Waals surface area contributed by atoms with Crippen LogP contribution in [0.5, 0.6) is 0 Å². The highest BCUT2D eigenvalue weighted by molar-refractivity contribution is 6.35. The summed E-state index contributed by atoms with van der Waals surface area (Å²) < 4.78 is 0. The summed E-state index contributed by atoms with van der Waals surface area (Å²) in [5, 5.41) is 0. The van der Waals surface area contributed by atoms with E-state index in [1.54, 1.807) is 4.90 Å². The number of imide groups is 1. The van der Waals surface area contributed by atoms with Gasteiger partial charge in [-0.2, -0.15) is 0 Å². The summed E-state index contributed by atoms with van der Waals surface area (Å²) in [6.07, 6.45) is 7.77. The topological polar surface area (TPSA) is 43.9 Å². The summed E-state index contributed by atoms with van der Waals surface area (Å²) in [6.45, 7) is 6.68. The van der Waals surface area contributed by atoms with E-state index >= 15 is 0 Å². The van der Waals surface area contributed by atoms with Gasteiger partial charge in [-0.15, -0.1) is 0 Å². The number of benzene rings is 1. The van der Waals surface area contributed by atoms with E-state index in [-0.39, 0.29) is 17.9 Å². The molecular formula is C24H33N3O2. The molecule has 1 aliphatic carbocycles. The molecule has 0 spiro atoms. The normalized spacial score (nSPS) is 22.9. The van der Waals surface area contributed by atoms with Gasteiger partial charge >= 0.3 is 0 Å². The largest absolute Gasteiger partial charge is 0.364 e. The standard InChI is InChI=1S/C24H33N3O2/c1-2-25-15-17-26(18-16-25)22-21(19-11-7-6-8-12-19)23(28)27(24(22)29)20-13-9-4-3-5-10-14-20/h6-8,11-12,20H,2-5,9-10,13-18H2,1H3. The van der Waals surface area contributed by atoms with E-state index in [0.717, 1.165) is 64.0 Å². The first-order valence-corrected chi connectivity index (χ1v) is 11.4. The van der Waals surface area contributed by atoms with Crippen molar-refractivity contribution in [2.45, 2.75) is 57.9 Å². The van der Waals surface area contributed by atoms with Gasteiger partial charge in [-0.05, 0) is 24.9 Å². The highest BCUT2D eigenvalue weighted by atomic mass is 16.2. The molecule has 156 valence electrons. The van der Waals surface area contributed by atoms with Crippen molar-refractivity contribution < 1.29 is 9.59 Å². The molecule has 0 bridgehead atoms. The second-order valence-electron chi connectivity index (χ2n) is 8.49. The number of likely N-dealkylation sites (N-methyl/N-ethyl adjacent to an activating group) is 1. The van der Waals surface area contributed by atoms with Crippen LogP contribution in [0.1, 0.15) is 57.4 Å². The number of rotatable bonds is 4. The first-order valence-electron chi connectivity index (χ1n) is 11.4. The fraction of sp³-hybridized carbons (Fsp3) is 0.583. The SMILES string of the molecule is CCN1CCN(C2=C(c3ccccc3)C(=O)N(C3CCCCCCC3)C2=O)CC1. The van der Waals surface area contributed by atoms with Crippen molar-refractivity contribution in [3.8, 4) is 0 Å². The number of piperazine rings is 1. The molecule has 1 saturated heterocycles. The van der Waals surface area contributed by atoms with Crippen molar-refractivity contribution in [3.63, 3.8) is 0 Å². The van der Waals surface area contributed by atoms with Gasteiger partial charge in [-0.3, -0.25) is 14.5 Å². The van der Waals surface area contributed by atoms with Gasteiger partial charge in [-0.25, -0.2) is 0 Å². The summed E-state index contributed by atoms with van der Waals surface area (Å²) in [7, 11) is 0. The lowest BCUT2D eigenvalue weighted by Gasteiger charge is -2.36. The molecule has 1 aromatic rings.